The topological polar surface area (TPSA) is 44.8 Å². The summed E-state index contributed by atoms with van der Waals surface area (Å²) in [5.74, 6) is -1.20. The van der Waals surface area contributed by atoms with Gasteiger partial charge < -0.3 is 14.2 Å². The van der Waals surface area contributed by atoms with Crippen molar-refractivity contribution in [2.75, 3.05) is 13.2 Å². The van der Waals surface area contributed by atoms with Crippen LogP contribution >= 0.6 is 0 Å². The van der Waals surface area contributed by atoms with E-state index in [9.17, 15) is 13.6 Å². The van der Waals surface area contributed by atoms with Gasteiger partial charge in [-0.05, 0) is 78.3 Å². The van der Waals surface area contributed by atoms with Crippen molar-refractivity contribution in [3.8, 4) is 28.4 Å². The predicted octanol–water partition coefficient (Wildman–Crippen LogP) is 8.87. The van der Waals surface area contributed by atoms with Crippen molar-refractivity contribution in [1.29, 1.82) is 0 Å². The van der Waals surface area contributed by atoms with E-state index in [4.69, 9.17) is 14.2 Å². The maximum Gasteiger partial charge on any atom is 0.343 e. The van der Waals surface area contributed by atoms with Gasteiger partial charge in [-0.25, -0.2) is 9.18 Å². The van der Waals surface area contributed by atoms with Crippen molar-refractivity contribution in [2.45, 2.75) is 60.3 Å². The molecule has 204 valence electrons. The zero-order chi connectivity index (χ0) is 27.7. The molecule has 0 saturated carbocycles. The number of ether oxygens (including phenoxy) is 3. The fourth-order valence-electron chi connectivity index (χ4n) is 4.30. The highest BCUT2D eigenvalue weighted by molar-refractivity contribution is 5.91. The number of unbranched alkanes of at least 4 members (excludes halogenated alkanes) is 2. The minimum Gasteiger partial charge on any atom is -0.493 e. The lowest BCUT2D eigenvalue weighted by Crippen LogP contribution is -2.16. The average molecular weight is 525 g/mol. The van der Waals surface area contributed by atoms with Gasteiger partial charge in [0.2, 0.25) is 5.82 Å². The van der Waals surface area contributed by atoms with Crippen molar-refractivity contribution >= 4 is 5.97 Å². The van der Waals surface area contributed by atoms with Crippen LogP contribution in [-0.4, -0.2) is 19.2 Å². The summed E-state index contributed by atoms with van der Waals surface area (Å²) < 4.78 is 45.9. The molecule has 0 bridgehead atoms. The fraction of sp³-hybridized carbons (Fsp3) is 0.406. The Morgan fingerprint density at radius 3 is 2.13 bits per heavy atom. The third-order valence-corrected chi connectivity index (χ3v) is 6.01. The molecular weight excluding hydrogens is 486 g/mol. The van der Waals surface area contributed by atoms with Gasteiger partial charge in [0.25, 0.3) is 0 Å². The lowest BCUT2D eigenvalue weighted by atomic mass is 9.86. The van der Waals surface area contributed by atoms with Crippen LogP contribution in [0.3, 0.4) is 0 Å². The maximum atomic E-state index is 14.7. The largest absolute Gasteiger partial charge is 0.493 e. The van der Waals surface area contributed by atoms with Crippen molar-refractivity contribution in [2.24, 2.45) is 11.3 Å². The van der Waals surface area contributed by atoms with Gasteiger partial charge >= 0.3 is 5.97 Å². The number of rotatable bonds is 12. The van der Waals surface area contributed by atoms with E-state index in [1.54, 1.807) is 48.5 Å². The van der Waals surface area contributed by atoms with Crippen LogP contribution in [0.2, 0.25) is 0 Å². The first-order chi connectivity index (χ1) is 18.1. The third kappa shape index (κ3) is 8.57. The first kappa shape index (κ1) is 29.2. The van der Waals surface area contributed by atoms with Gasteiger partial charge in [-0.3, -0.25) is 0 Å². The molecule has 0 amide bonds. The van der Waals surface area contributed by atoms with Crippen molar-refractivity contribution < 1.29 is 27.8 Å². The van der Waals surface area contributed by atoms with E-state index < -0.39 is 17.6 Å². The van der Waals surface area contributed by atoms with Gasteiger partial charge in [-0.1, -0.05) is 59.6 Å². The molecule has 4 nitrogen and oxygen atoms in total. The Kier molecular flexibility index (Phi) is 10.3. The Morgan fingerprint density at radius 2 is 1.50 bits per heavy atom. The summed E-state index contributed by atoms with van der Waals surface area (Å²) in [6.45, 7) is 11.8. The second kappa shape index (κ2) is 13.4. The zero-order valence-electron chi connectivity index (χ0n) is 23.0. The van der Waals surface area contributed by atoms with Crippen LogP contribution < -0.4 is 14.2 Å². The molecule has 0 N–H and O–H groups in total. The second-order valence-corrected chi connectivity index (χ2v) is 10.9. The highest BCUT2D eigenvalue weighted by atomic mass is 19.2. The van der Waals surface area contributed by atoms with E-state index in [0.717, 1.165) is 25.7 Å². The van der Waals surface area contributed by atoms with Gasteiger partial charge in [0.05, 0.1) is 18.8 Å². The zero-order valence-corrected chi connectivity index (χ0v) is 23.0. The summed E-state index contributed by atoms with van der Waals surface area (Å²) in [6.07, 6.45) is 3.82. The third-order valence-electron chi connectivity index (χ3n) is 6.01. The van der Waals surface area contributed by atoms with Gasteiger partial charge in [-0.2, -0.15) is 4.39 Å². The summed E-state index contributed by atoms with van der Waals surface area (Å²) in [5, 5.41) is 0. The molecule has 0 aliphatic rings. The van der Waals surface area contributed by atoms with Crippen molar-refractivity contribution in [3.63, 3.8) is 0 Å². The molecule has 0 spiro atoms. The number of halogens is 2. The van der Waals surface area contributed by atoms with Crippen LogP contribution in [0.25, 0.3) is 11.1 Å². The monoisotopic (exact) mass is 524 g/mol. The van der Waals surface area contributed by atoms with Gasteiger partial charge in [0.1, 0.15) is 11.5 Å². The molecule has 0 fully saturated rings. The molecule has 0 radical (unpaired) electrons. The number of hydrogen-bond acceptors (Lipinski definition) is 4. The Balaban J connectivity index is 1.57. The minimum absolute atomic E-state index is 0.0938. The summed E-state index contributed by atoms with van der Waals surface area (Å²) >= 11 is 0. The highest BCUT2D eigenvalue weighted by Crippen LogP contribution is 2.31. The summed E-state index contributed by atoms with van der Waals surface area (Å²) in [4.78, 5) is 12.6. The lowest BCUT2D eigenvalue weighted by molar-refractivity contribution is 0.0734. The Hall–Kier alpha value is -3.41. The van der Waals surface area contributed by atoms with Crippen molar-refractivity contribution in [1.82, 2.24) is 0 Å². The van der Waals surface area contributed by atoms with E-state index in [2.05, 4.69) is 34.6 Å². The molecule has 3 aromatic carbocycles. The molecule has 0 aromatic heterocycles. The van der Waals surface area contributed by atoms with Gasteiger partial charge in [-0.15, -0.1) is 0 Å². The standard InChI is InChI=1S/C32H38F2O4/c1-6-7-8-19-36-28-18-17-27(29(33)30(28)34)23-9-15-26(16-10-23)38-31(35)24-11-13-25(14-12-24)37-21-22(2)20-32(3,4)5/h9-18,22H,6-8,19-21H2,1-5H3. The van der Waals surface area contributed by atoms with Crippen LogP contribution in [0.5, 0.6) is 17.2 Å². The summed E-state index contributed by atoms with van der Waals surface area (Å²) in [7, 11) is 0. The number of benzene rings is 3. The highest BCUT2D eigenvalue weighted by Gasteiger charge is 2.17. The van der Waals surface area contributed by atoms with E-state index >= 15 is 0 Å². The average Bonchev–Trinajstić information content (AvgIpc) is 2.88. The lowest BCUT2D eigenvalue weighted by Gasteiger charge is -2.23. The molecular formula is C32H38F2O4. The fourth-order valence-corrected chi connectivity index (χ4v) is 4.30. The first-order valence-electron chi connectivity index (χ1n) is 13.2. The van der Waals surface area contributed by atoms with Crippen LogP contribution in [0.4, 0.5) is 8.78 Å². The maximum absolute atomic E-state index is 14.7. The molecule has 3 rings (SSSR count). The van der Waals surface area contributed by atoms with Crippen LogP contribution in [0, 0.1) is 23.0 Å². The molecule has 3 aromatic rings. The molecule has 0 saturated heterocycles. The smallest absolute Gasteiger partial charge is 0.343 e. The SMILES string of the molecule is CCCCCOc1ccc(-c2ccc(OC(=O)c3ccc(OCC(C)CC(C)(C)C)cc3)cc2)c(F)c1F. The Morgan fingerprint density at radius 1 is 0.842 bits per heavy atom. The quantitative estimate of drug-likeness (QED) is 0.135. The second-order valence-electron chi connectivity index (χ2n) is 10.9. The number of esters is 1. The summed E-state index contributed by atoms with van der Waals surface area (Å²) in [5.41, 5.74) is 1.19. The number of carbonyl (C=O) groups is 1. The minimum atomic E-state index is -1.01. The van der Waals surface area contributed by atoms with Crippen LogP contribution in [-0.2, 0) is 0 Å². The molecule has 6 heteroatoms. The number of carbonyl (C=O) groups excluding carboxylic acids is 1. The van der Waals surface area contributed by atoms with E-state index in [0.29, 0.717) is 41.8 Å². The normalized spacial score (nSPS) is 12.2. The number of hydrogen-bond donors (Lipinski definition) is 0. The van der Waals surface area contributed by atoms with Crippen LogP contribution in [0.1, 0.15) is 70.7 Å². The van der Waals surface area contributed by atoms with Gasteiger partial charge in [0, 0.05) is 5.56 Å². The van der Waals surface area contributed by atoms with Gasteiger partial charge in [0.15, 0.2) is 11.6 Å². The van der Waals surface area contributed by atoms with E-state index in [1.165, 1.54) is 12.1 Å². The molecule has 1 atom stereocenters. The summed E-state index contributed by atoms with van der Waals surface area (Å²) in [6, 6.07) is 16.0. The molecule has 0 aliphatic carbocycles. The molecule has 0 aliphatic heterocycles. The molecule has 1 unspecified atom stereocenters. The molecule has 38 heavy (non-hydrogen) atoms. The van der Waals surface area contributed by atoms with Crippen molar-refractivity contribution in [3.05, 3.63) is 77.9 Å². The predicted molar refractivity (Wildman–Crippen MR) is 147 cm³/mol. The Labute approximate surface area is 224 Å². The first-order valence-corrected chi connectivity index (χ1v) is 13.2. The van der Waals surface area contributed by atoms with E-state index in [1.807, 2.05) is 0 Å². The van der Waals surface area contributed by atoms with Crippen LogP contribution in [0.15, 0.2) is 60.7 Å². The van der Waals surface area contributed by atoms with E-state index in [-0.39, 0.29) is 16.7 Å². The Bertz CT molecular complexity index is 1180. The molecule has 0 heterocycles.